The molecule has 0 aliphatic rings. The highest BCUT2D eigenvalue weighted by molar-refractivity contribution is 7.46. The van der Waals surface area contributed by atoms with Crippen molar-refractivity contribution >= 4 is 13.7 Å². The highest BCUT2D eigenvalue weighted by Crippen LogP contribution is 2.36. The molecule has 0 radical (unpaired) electrons. The molecule has 61 heavy (non-hydrogen) atoms. The van der Waals surface area contributed by atoms with Gasteiger partial charge in [0.05, 0.1) is 18.8 Å². The van der Waals surface area contributed by atoms with Crippen molar-refractivity contribution in [2.75, 3.05) is 6.61 Å². The normalized spacial score (nSPS) is 13.1. The Balaban J connectivity index is 3.67. The van der Waals surface area contributed by atoms with Crippen molar-refractivity contribution in [3.8, 4) is 0 Å². The number of allylic oxidation sites excluding steroid dienone is 1. The molecule has 0 spiro atoms. The number of phosphoric acid groups is 1. The average Bonchev–Trinajstić information content (AvgIpc) is 3.24. The number of unbranched alkanes of at least 4 members (excludes halogenated alkanes) is 42. The standard InChI is InChI=1S/C53H106NO6P/c1-3-5-7-9-11-13-15-17-19-20-21-22-23-24-25-26-27-28-29-30-31-32-33-34-35-37-39-41-43-45-47-49-53(56)54-51(50-60-61(57,58)59)52(55)48-46-44-42-40-38-36-18-16-14-12-10-8-6-4-2/h46,48,51-52,55H,3-45,47,49-50H2,1-2H3,(H,54,56)(H2,57,58,59)/b48-46+/t51-,52+/m0/s1. The molecule has 0 fully saturated rings. The molecule has 7 nitrogen and oxygen atoms in total. The molecular formula is C53H106NO6P. The van der Waals surface area contributed by atoms with Crippen molar-refractivity contribution in [3.05, 3.63) is 12.2 Å². The molecule has 0 heterocycles. The molecular weight excluding hydrogens is 778 g/mol. The van der Waals surface area contributed by atoms with Gasteiger partial charge in [-0.2, -0.15) is 0 Å². The fourth-order valence-electron chi connectivity index (χ4n) is 8.64. The first kappa shape index (κ1) is 60.3. The summed E-state index contributed by atoms with van der Waals surface area (Å²) in [6.07, 6.45) is 61.4. The summed E-state index contributed by atoms with van der Waals surface area (Å²) in [5.74, 6) is -0.219. The number of rotatable bonds is 51. The Labute approximate surface area is 380 Å². The first-order valence-corrected chi connectivity index (χ1v) is 28.7. The third kappa shape index (κ3) is 50.1. The molecule has 0 rings (SSSR count). The SMILES string of the molecule is CCCCCCCCCCCCCC/C=C/[C@@H](O)[C@H](COP(=O)(O)O)NC(=O)CCCCCCCCCCCCCCCCCCCCCCCCCCCCCCCCC. The van der Waals surface area contributed by atoms with Crippen LogP contribution in [0.25, 0.3) is 0 Å². The molecule has 364 valence electrons. The van der Waals surface area contributed by atoms with E-state index in [1.165, 1.54) is 244 Å². The maximum absolute atomic E-state index is 12.6. The lowest BCUT2D eigenvalue weighted by molar-refractivity contribution is -0.123. The van der Waals surface area contributed by atoms with Crippen LogP contribution in [0.2, 0.25) is 0 Å². The van der Waals surface area contributed by atoms with Crippen LogP contribution in [-0.2, 0) is 13.9 Å². The van der Waals surface area contributed by atoms with Gasteiger partial charge in [0.25, 0.3) is 0 Å². The van der Waals surface area contributed by atoms with Crippen LogP contribution in [0.15, 0.2) is 12.2 Å². The van der Waals surface area contributed by atoms with E-state index in [1.54, 1.807) is 6.08 Å². The van der Waals surface area contributed by atoms with E-state index in [9.17, 15) is 24.3 Å². The van der Waals surface area contributed by atoms with Crippen LogP contribution in [0.4, 0.5) is 0 Å². The summed E-state index contributed by atoms with van der Waals surface area (Å²) in [5, 5.41) is 13.5. The predicted octanol–water partition coefficient (Wildman–Crippen LogP) is 17.1. The Kier molecular flexibility index (Phi) is 48.2. The average molecular weight is 884 g/mol. The maximum Gasteiger partial charge on any atom is 0.469 e. The number of aliphatic hydroxyl groups excluding tert-OH is 1. The minimum absolute atomic E-state index is 0.219. The summed E-state index contributed by atoms with van der Waals surface area (Å²) in [7, 11) is -4.72. The lowest BCUT2D eigenvalue weighted by Gasteiger charge is -2.22. The van der Waals surface area contributed by atoms with Gasteiger partial charge in [0.1, 0.15) is 0 Å². The van der Waals surface area contributed by atoms with Crippen LogP contribution in [0, 0.1) is 0 Å². The Hall–Kier alpha value is -0.720. The van der Waals surface area contributed by atoms with E-state index in [2.05, 4.69) is 23.7 Å². The van der Waals surface area contributed by atoms with Crippen molar-refractivity contribution in [1.29, 1.82) is 0 Å². The fraction of sp³-hybridized carbons (Fsp3) is 0.943. The zero-order valence-corrected chi connectivity index (χ0v) is 41.7. The second kappa shape index (κ2) is 48.7. The molecule has 0 aromatic carbocycles. The Morgan fingerprint density at radius 1 is 0.459 bits per heavy atom. The minimum atomic E-state index is -4.72. The summed E-state index contributed by atoms with van der Waals surface area (Å²) < 4.78 is 16.0. The topological polar surface area (TPSA) is 116 Å². The van der Waals surface area contributed by atoms with Crippen LogP contribution >= 0.6 is 7.82 Å². The molecule has 0 saturated heterocycles. The van der Waals surface area contributed by atoms with Gasteiger partial charge in [-0.3, -0.25) is 9.32 Å². The van der Waals surface area contributed by atoms with Gasteiger partial charge in [0.15, 0.2) is 0 Å². The summed E-state index contributed by atoms with van der Waals surface area (Å²) in [6.45, 7) is 4.11. The van der Waals surface area contributed by atoms with Crippen LogP contribution < -0.4 is 5.32 Å². The number of nitrogens with one attached hydrogen (secondary N) is 1. The first-order chi connectivity index (χ1) is 29.8. The molecule has 0 aliphatic carbocycles. The number of hydrogen-bond donors (Lipinski definition) is 4. The highest BCUT2D eigenvalue weighted by Gasteiger charge is 2.24. The van der Waals surface area contributed by atoms with E-state index in [0.29, 0.717) is 6.42 Å². The molecule has 0 bridgehead atoms. The van der Waals surface area contributed by atoms with E-state index in [-0.39, 0.29) is 5.91 Å². The number of carbonyl (C=O) groups is 1. The molecule has 1 amide bonds. The Morgan fingerprint density at radius 2 is 0.721 bits per heavy atom. The van der Waals surface area contributed by atoms with E-state index in [0.717, 1.165) is 38.5 Å². The summed E-state index contributed by atoms with van der Waals surface area (Å²) in [5.41, 5.74) is 0. The van der Waals surface area contributed by atoms with Crippen molar-refractivity contribution < 1.29 is 28.8 Å². The van der Waals surface area contributed by atoms with Crippen molar-refractivity contribution in [2.45, 2.75) is 315 Å². The molecule has 0 aromatic heterocycles. The third-order valence-electron chi connectivity index (χ3n) is 12.7. The number of amides is 1. The smallest absolute Gasteiger partial charge is 0.387 e. The summed E-state index contributed by atoms with van der Waals surface area (Å²) >= 11 is 0. The lowest BCUT2D eigenvalue weighted by atomic mass is 10.0. The van der Waals surface area contributed by atoms with Gasteiger partial charge in [0, 0.05) is 6.42 Å². The molecule has 2 atom stereocenters. The Bertz CT molecular complexity index is 957. The number of carbonyl (C=O) groups excluding carboxylic acids is 1. The molecule has 8 heteroatoms. The third-order valence-corrected chi connectivity index (χ3v) is 13.2. The van der Waals surface area contributed by atoms with E-state index in [4.69, 9.17) is 0 Å². The number of phosphoric ester groups is 1. The Morgan fingerprint density at radius 3 is 1.00 bits per heavy atom. The summed E-state index contributed by atoms with van der Waals surface area (Å²) in [6, 6.07) is -0.906. The number of hydrogen-bond acceptors (Lipinski definition) is 4. The van der Waals surface area contributed by atoms with Gasteiger partial charge in [0.2, 0.25) is 5.91 Å². The van der Waals surface area contributed by atoms with Crippen LogP contribution in [0.5, 0.6) is 0 Å². The quantitative estimate of drug-likeness (QED) is 0.0275. The van der Waals surface area contributed by atoms with Gasteiger partial charge >= 0.3 is 7.82 Å². The van der Waals surface area contributed by atoms with Crippen molar-refractivity contribution in [2.24, 2.45) is 0 Å². The zero-order valence-electron chi connectivity index (χ0n) is 40.8. The molecule has 0 aromatic rings. The van der Waals surface area contributed by atoms with Crippen LogP contribution in [0.1, 0.15) is 303 Å². The minimum Gasteiger partial charge on any atom is -0.387 e. The van der Waals surface area contributed by atoms with Crippen molar-refractivity contribution in [1.82, 2.24) is 5.32 Å². The van der Waals surface area contributed by atoms with Gasteiger partial charge < -0.3 is 20.2 Å². The maximum atomic E-state index is 12.6. The molecule has 0 saturated carbocycles. The predicted molar refractivity (Wildman–Crippen MR) is 264 cm³/mol. The van der Waals surface area contributed by atoms with Crippen molar-refractivity contribution in [3.63, 3.8) is 0 Å². The van der Waals surface area contributed by atoms with E-state index < -0.39 is 26.6 Å². The second-order valence-corrected chi connectivity index (χ2v) is 20.2. The second-order valence-electron chi connectivity index (χ2n) is 18.9. The van der Waals surface area contributed by atoms with E-state index >= 15 is 0 Å². The fourth-order valence-corrected chi connectivity index (χ4v) is 9.00. The van der Waals surface area contributed by atoms with Gasteiger partial charge in [-0.05, 0) is 19.3 Å². The zero-order chi connectivity index (χ0) is 44.6. The van der Waals surface area contributed by atoms with Gasteiger partial charge in [-0.1, -0.05) is 289 Å². The molecule has 0 aliphatic heterocycles. The number of aliphatic hydroxyl groups is 1. The van der Waals surface area contributed by atoms with Crippen LogP contribution in [-0.4, -0.2) is 39.6 Å². The van der Waals surface area contributed by atoms with Crippen LogP contribution in [0.3, 0.4) is 0 Å². The first-order valence-electron chi connectivity index (χ1n) is 27.1. The lowest BCUT2D eigenvalue weighted by Crippen LogP contribution is -2.45. The summed E-state index contributed by atoms with van der Waals surface area (Å²) in [4.78, 5) is 31.0. The van der Waals surface area contributed by atoms with Gasteiger partial charge in [-0.15, -0.1) is 0 Å². The largest absolute Gasteiger partial charge is 0.469 e. The molecule has 0 unspecified atom stereocenters. The molecule has 4 N–H and O–H groups in total. The monoisotopic (exact) mass is 884 g/mol. The van der Waals surface area contributed by atoms with E-state index in [1.807, 2.05) is 6.08 Å². The highest BCUT2D eigenvalue weighted by atomic mass is 31.2. The van der Waals surface area contributed by atoms with Gasteiger partial charge in [-0.25, -0.2) is 4.57 Å².